The second kappa shape index (κ2) is 6.40. The van der Waals surface area contributed by atoms with Crippen molar-refractivity contribution < 1.29 is 18.0 Å². The molecule has 0 atom stereocenters. The number of carbonyl (C=O) groups excluding carboxylic acids is 1. The molecule has 0 radical (unpaired) electrons. The van der Waals surface area contributed by atoms with Crippen LogP contribution in [-0.4, -0.2) is 42.1 Å². The first-order valence-electron chi connectivity index (χ1n) is 5.87. The molecule has 0 aliphatic rings. The monoisotopic (exact) mass is 275 g/mol. The van der Waals surface area contributed by atoms with Gasteiger partial charge >= 0.3 is 6.18 Å². The van der Waals surface area contributed by atoms with Crippen LogP contribution in [0.15, 0.2) is 18.3 Å². The van der Waals surface area contributed by atoms with E-state index in [-0.39, 0.29) is 12.2 Å². The van der Waals surface area contributed by atoms with Gasteiger partial charge in [-0.05, 0) is 18.6 Å². The minimum absolute atomic E-state index is 0.00421. The Bertz CT molecular complexity index is 434. The van der Waals surface area contributed by atoms with Crippen molar-refractivity contribution in [2.45, 2.75) is 19.5 Å². The number of halogens is 3. The maximum Gasteiger partial charge on any atom is 0.406 e. The third kappa shape index (κ3) is 4.76. The van der Waals surface area contributed by atoms with E-state index in [1.807, 2.05) is 0 Å². The number of nitrogens with one attached hydrogen (secondary N) is 1. The van der Waals surface area contributed by atoms with Gasteiger partial charge < -0.3 is 10.2 Å². The Morgan fingerprint density at radius 1 is 1.47 bits per heavy atom. The molecule has 4 nitrogen and oxygen atoms in total. The summed E-state index contributed by atoms with van der Waals surface area (Å²) in [6.07, 6.45) is -2.57. The van der Waals surface area contributed by atoms with Crippen molar-refractivity contribution >= 4 is 11.6 Å². The molecule has 1 rings (SSSR count). The Kier molecular flexibility index (Phi) is 5.14. The molecule has 19 heavy (non-hydrogen) atoms. The van der Waals surface area contributed by atoms with Crippen LogP contribution >= 0.6 is 0 Å². The van der Waals surface area contributed by atoms with E-state index in [4.69, 9.17) is 0 Å². The second-order valence-corrected chi connectivity index (χ2v) is 4.02. The fourth-order valence-corrected chi connectivity index (χ4v) is 1.60. The molecule has 1 N–H and O–H groups in total. The van der Waals surface area contributed by atoms with Crippen molar-refractivity contribution in [3.63, 3.8) is 0 Å². The van der Waals surface area contributed by atoms with Gasteiger partial charge in [-0.1, -0.05) is 6.92 Å². The van der Waals surface area contributed by atoms with Crippen LogP contribution in [-0.2, 0) is 0 Å². The molecule has 0 fully saturated rings. The molecule has 0 unspecified atom stereocenters. The van der Waals surface area contributed by atoms with Crippen LogP contribution in [0, 0.1) is 0 Å². The van der Waals surface area contributed by atoms with Gasteiger partial charge in [0.2, 0.25) is 0 Å². The average molecular weight is 275 g/mol. The van der Waals surface area contributed by atoms with Crippen LogP contribution in [0.2, 0.25) is 0 Å². The first kappa shape index (κ1) is 15.3. The first-order valence-corrected chi connectivity index (χ1v) is 5.87. The number of anilines is 1. The highest BCUT2D eigenvalue weighted by Crippen LogP contribution is 2.18. The Balaban J connectivity index is 2.91. The molecule has 0 bridgehead atoms. The molecule has 0 saturated carbocycles. The summed E-state index contributed by atoms with van der Waals surface area (Å²) in [5.41, 5.74) is 0.631. The molecule has 1 aromatic rings. The summed E-state index contributed by atoms with van der Waals surface area (Å²) in [4.78, 5) is 16.6. The molecular formula is C12H16F3N3O. The normalized spacial score (nSPS) is 11.2. The molecule has 0 aliphatic carbocycles. The highest BCUT2D eigenvalue weighted by molar-refractivity contribution is 5.93. The third-order valence-corrected chi connectivity index (χ3v) is 2.42. The summed E-state index contributed by atoms with van der Waals surface area (Å²) >= 11 is 0. The zero-order valence-electron chi connectivity index (χ0n) is 10.8. The number of hydrogen-bond donors (Lipinski definition) is 1. The number of amides is 1. The zero-order chi connectivity index (χ0) is 14.5. The van der Waals surface area contributed by atoms with Crippen molar-refractivity contribution in [2.75, 3.05) is 25.5 Å². The molecule has 0 aliphatic heterocycles. The van der Waals surface area contributed by atoms with Gasteiger partial charge in [0.15, 0.2) is 0 Å². The maximum absolute atomic E-state index is 12.4. The summed E-state index contributed by atoms with van der Waals surface area (Å²) in [7, 11) is 1.66. The molecule has 0 aromatic carbocycles. The highest BCUT2D eigenvalue weighted by Gasteiger charge is 2.33. The predicted octanol–water partition coefficient (Wildman–Crippen LogP) is 2.54. The van der Waals surface area contributed by atoms with Gasteiger partial charge in [-0.15, -0.1) is 0 Å². The van der Waals surface area contributed by atoms with Gasteiger partial charge in [-0.2, -0.15) is 13.2 Å². The first-order chi connectivity index (χ1) is 8.87. The fourth-order valence-electron chi connectivity index (χ4n) is 1.60. The van der Waals surface area contributed by atoms with Crippen LogP contribution in [0.1, 0.15) is 23.8 Å². The predicted molar refractivity (Wildman–Crippen MR) is 66.0 cm³/mol. The fraction of sp³-hybridized carbons (Fsp3) is 0.500. The number of pyridine rings is 1. The third-order valence-electron chi connectivity index (χ3n) is 2.42. The van der Waals surface area contributed by atoms with Crippen LogP contribution in [0.25, 0.3) is 0 Å². The van der Waals surface area contributed by atoms with Crippen molar-refractivity contribution in [3.8, 4) is 0 Å². The maximum atomic E-state index is 12.4. The Labute approximate surface area is 109 Å². The Hall–Kier alpha value is -1.79. The van der Waals surface area contributed by atoms with Gasteiger partial charge in [-0.25, -0.2) is 0 Å². The minimum atomic E-state index is -4.41. The van der Waals surface area contributed by atoms with Gasteiger partial charge in [0.05, 0.1) is 0 Å². The van der Waals surface area contributed by atoms with E-state index < -0.39 is 18.6 Å². The largest absolute Gasteiger partial charge is 0.406 e. The van der Waals surface area contributed by atoms with Gasteiger partial charge in [0.1, 0.15) is 12.2 Å². The number of rotatable bonds is 5. The molecule has 0 spiro atoms. The molecule has 1 amide bonds. The standard InChI is InChI=1S/C12H16F3N3O/c1-3-6-18(8-12(13,14)15)11(19)10-7-9(16-2)4-5-17-10/h4-5,7H,3,6,8H2,1-2H3,(H,16,17). The average Bonchev–Trinajstić information content (AvgIpc) is 2.36. The van der Waals surface area contributed by atoms with E-state index in [1.165, 1.54) is 12.3 Å². The summed E-state index contributed by atoms with van der Waals surface area (Å²) in [5.74, 6) is -0.712. The molecule has 1 aromatic heterocycles. The van der Waals surface area contributed by atoms with Crippen LogP contribution < -0.4 is 5.32 Å². The van der Waals surface area contributed by atoms with Crippen molar-refractivity contribution in [3.05, 3.63) is 24.0 Å². The summed E-state index contributed by atoms with van der Waals surface area (Å²) < 4.78 is 37.3. The minimum Gasteiger partial charge on any atom is -0.388 e. The van der Waals surface area contributed by atoms with Gasteiger partial charge in [-0.3, -0.25) is 9.78 Å². The lowest BCUT2D eigenvalue weighted by Gasteiger charge is -2.23. The van der Waals surface area contributed by atoms with Gasteiger partial charge in [0, 0.05) is 25.5 Å². The summed E-state index contributed by atoms with van der Waals surface area (Å²) in [6, 6.07) is 3.06. The van der Waals surface area contributed by atoms with E-state index >= 15 is 0 Å². The van der Waals surface area contributed by atoms with E-state index in [2.05, 4.69) is 10.3 Å². The molecule has 106 valence electrons. The van der Waals surface area contributed by atoms with E-state index in [0.717, 1.165) is 4.90 Å². The Morgan fingerprint density at radius 2 is 2.16 bits per heavy atom. The van der Waals surface area contributed by atoms with E-state index in [9.17, 15) is 18.0 Å². The highest BCUT2D eigenvalue weighted by atomic mass is 19.4. The van der Waals surface area contributed by atoms with E-state index in [1.54, 1.807) is 20.0 Å². The van der Waals surface area contributed by atoms with Gasteiger partial charge in [0.25, 0.3) is 5.91 Å². The lowest BCUT2D eigenvalue weighted by molar-refractivity contribution is -0.140. The molecule has 1 heterocycles. The SMILES string of the molecule is CCCN(CC(F)(F)F)C(=O)c1cc(NC)ccn1. The second-order valence-electron chi connectivity index (χ2n) is 4.02. The summed E-state index contributed by atoms with van der Waals surface area (Å²) in [5, 5.41) is 2.81. The number of hydrogen-bond acceptors (Lipinski definition) is 3. The number of nitrogens with zero attached hydrogens (tertiary/aromatic N) is 2. The Morgan fingerprint density at radius 3 is 2.68 bits per heavy atom. The number of alkyl halides is 3. The van der Waals surface area contributed by atoms with Crippen LogP contribution in [0.4, 0.5) is 18.9 Å². The zero-order valence-corrected chi connectivity index (χ0v) is 10.8. The van der Waals surface area contributed by atoms with Crippen molar-refractivity contribution in [1.29, 1.82) is 0 Å². The summed E-state index contributed by atoms with van der Waals surface area (Å²) in [6.45, 7) is 0.503. The topological polar surface area (TPSA) is 45.2 Å². The lowest BCUT2D eigenvalue weighted by atomic mass is 10.2. The molecular weight excluding hydrogens is 259 g/mol. The number of carbonyl (C=O) groups is 1. The van der Waals surface area contributed by atoms with E-state index in [0.29, 0.717) is 12.1 Å². The molecule has 7 heteroatoms. The smallest absolute Gasteiger partial charge is 0.388 e. The number of aromatic nitrogens is 1. The molecule has 0 saturated heterocycles. The quantitative estimate of drug-likeness (QED) is 0.898. The lowest BCUT2D eigenvalue weighted by Crippen LogP contribution is -2.39. The van der Waals surface area contributed by atoms with Crippen molar-refractivity contribution in [2.24, 2.45) is 0 Å². The van der Waals surface area contributed by atoms with Crippen LogP contribution in [0.5, 0.6) is 0 Å². The van der Waals surface area contributed by atoms with Crippen LogP contribution in [0.3, 0.4) is 0 Å². The van der Waals surface area contributed by atoms with Crippen molar-refractivity contribution in [1.82, 2.24) is 9.88 Å².